The van der Waals surface area contributed by atoms with Crippen molar-refractivity contribution in [2.45, 2.75) is 38.3 Å². The molecule has 2 N–H and O–H groups in total. The molecule has 0 saturated carbocycles. The van der Waals surface area contributed by atoms with E-state index in [4.69, 9.17) is 0 Å². The molecule has 0 radical (unpaired) electrons. The second kappa shape index (κ2) is 6.77. The molecule has 4 amide bonds. The molecule has 1 saturated heterocycles. The third kappa shape index (κ3) is 3.10. The highest BCUT2D eigenvalue weighted by atomic mass is 32.1. The SMILES string of the molecule is Cc1csc(CNC(=O)CN2C(=O)NC3(CCCc4ccccc43)C2=O)n1. The third-order valence-corrected chi connectivity index (χ3v) is 6.02. The fourth-order valence-electron chi connectivity index (χ4n) is 3.81. The van der Waals surface area contributed by atoms with Gasteiger partial charge in [-0.1, -0.05) is 24.3 Å². The topological polar surface area (TPSA) is 91.4 Å². The van der Waals surface area contributed by atoms with Crippen LogP contribution in [0, 0.1) is 6.92 Å². The lowest BCUT2D eigenvalue weighted by Crippen LogP contribution is -2.47. The van der Waals surface area contributed by atoms with Crippen LogP contribution in [0.1, 0.15) is 34.7 Å². The van der Waals surface area contributed by atoms with E-state index in [1.54, 1.807) is 0 Å². The molecule has 1 aromatic carbocycles. The average molecular weight is 384 g/mol. The zero-order chi connectivity index (χ0) is 19.0. The van der Waals surface area contributed by atoms with Gasteiger partial charge in [0, 0.05) is 11.1 Å². The van der Waals surface area contributed by atoms with Crippen molar-refractivity contribution in [3.63, 3.8) is 0 Å². The van der Waals surface area contributed by atoms with E-state index in [9.17, 15) is 14.4 Å². The van der Waals surface area contributed by atoms with E-state index < -0.39 is 11.6 Å². The summed E-state index contributed by atoms with van der Waals surface area (Å²) < 4.78 is 0. The van der Waals surface area contributed by atoms with Gasteiger partial charge in [-0.2, -0.15) is 0 Å². The maximum Gasteiger partial charge on any atom is 0.325 e. The van der Waals surface area contributed by atoms with Crippen LogP contribution in [0.2, 0.25) is 0 Å². The Bertz CT molecular complexity index is 925. The molecule has 8 heteroatoms. The minimum Gasteiger partial charge on any atom is -0.348 e. The van der Waals surface area contributed by atoms with E-state index in [-0.39, 0.29) is 24.9 Å². The number of nitrogens with one attached hydrogen (secondary N) is 2. The van der Waals surface area contributed by atoms with Crippen LogP contribution in [0.15, 0.2) is 29.6 Å². The molecule has 1 aliphatic carbocycles. The summed E-state index contributed by atoms with van der Waals surface area (Å²) in [5.74, 6) is -0.729. The molecule has 1 spiro atoms. The van der Waals surface area contributed by atoms with E-state index in [0.29, 0.717) is 6.42 Å². The molecule has 27 heavy (non-hydrogen) atoms. The third-order valence-electron chi connectivity index (χ3n) is 5.06. The minimum atomic E-state index is -1.04. The highest BCUT2D eigenvalue weighted by molar-refractivity contribution is 7.09. The van der Waals surface area contributed by atoms with Crippen LogP contribution in [0.5, 0.6) is 0 Å². The van der Waals surface area contributed by atoms with Crippen LogP contribution in [0.4, 0.5) is 4.79 Å². The fourth-order valence-corrected chi connectivity index (χ4v) is 4.52. The van der Waals surface area contributed by atoms with Gasteiger partial charge < -0.3 is 10.6 Å². The minimum absolute atomic E-state index is 0.287. The van der Waals surface area contributed by atoms with Gasteiger partial charge >= 0.3 is 6.03 Å². The summed E-state index contributed by atoms with van der Waals surface area (Å²) in [5.41, 5.74) is 1.77. The van der Waals surface area contributed by atoms with Crippen LogP contribution in [0.3, 0.4) is 0 Å². The van der Waals surface area contributed by atoms with Crippen molar-refractivity contribution in [3.8, 4) is 0 Å². The molecule has 4 rings (SSSR count). The zero-order valence-electron chi connectivity index (χ0n) is 14.9. The molecular formula is C19H20N4O3S. The van der Waals surface area contributed by atoms with E-state index in [1.165, 1.54) is 11.3 Å². The predicted octanol–water partition coefficient (Wildman–Crippen LogP) is 1.85. The van der Waals surface area contributed by atoms with Gasteiger partial charge in [-0.05, 0) is 37.3 Å². The lowest BCUT2D eigenvalue weighted by Gasteiger charge is -2.33. The second-order valence-corrected chi connectivity index (χ2v) is 7.84. The molecule has 140 valence electrons. The monoisotopic (exact) mass is 384 g/mol. The average Bonchev–Trinajstić information content (AvgIpc) is 3.18. The number of hydrogen-bond donors (Lipinski definition) is 2. The van der Waals surface area contributed by atoms with Gasteiger partial charge in [0.25, 0.3) is 5.91 Å². The van der Waals surface area contributed by atoms with E-state index >= 15 is 0 Å². The number of aromatic nitrogens is 1. The van der Waals surface area contributed by atoms with Crippen molar-refractivity contribution in [2.75, 3.05) is 6.54 Å². The number of hydrogen-bond acceptors (Lipinski definition) is 5. The van der Waals surface area contributed by atoms with Crippen molar-refractivity contribution >= 4 is 29.2 Å². The van der Waals surface area contributed by atoms with Crippen LogP contribution in [-0.4, -0.2) is 34.3 Å². The largest absolute Gasteiger partial charge is 0.348 e. The number of aryl methyl sites for hydroxylation is 2. The molecule has 1 unspecified atom stereocenters. The fraction of sp³-hybridized carbons (Fsp3) is 0.368. The number of benzene rings is 1. The molecule has 1 aliphatic heterocycles. The Hall–Kier alpha value is -2.74. The van der Waals surface area contributed by atoms with E-state index in [0.717, 1.165) is 39.6 Å². The Kier molecular flexibility index (Phi) is 4.43. The number of rotatable bonds is 4. The van der Waals surface area contributed by atoms with Gasteiger partial charge in [0.05, 0.1) is 6.54 Å². The summed E-state index contributed by atoms with van der Waals surface area (Å²) in [4.78, 5) is 43.2. The van der Waals surface area contributed by atoms with Crippen LogP contribution in [0.25, 0.3) is 0 Å². The number of nitrogens with zero attached hydrogens (tertiary/aromatic N) is 2. The first-order chi connectivity index (χ1) is 13.0. The molecule has 2 aliphatic rings. The standard InChI is InChI=1S/C19H20N4O3S/c1-12-11-27-16(21-12)9-20-15(24)10-23-17(25)19(22-18(23)26)8-4-6-13-5-2-3-7-14(13)19/h2-3,5,7,11H,4,6,8-10H2,1H3,(H,20,24)(H,22,26). The smallest absolute Gasteiger partial charge is 0.325 e. The second-order valence-electron chi connectivity index (χ2n) is 6.90. The van der Waals surface area contributed by atoms with Crippen molar-refractivity contribution in [1.82, 2.24) is 20.5 Å². The summed E-state index contributed by atoms with van der Waals surface area (Å²) in [6, 6.07) is 7.17. The Balaban J connectivity index is 1.48. The van der Waals surface area contributed by atoms with Crippen molar-refractivity contribution in [2.24, 2.45) is 0 Å². The highest BCUT2D eigenvalue weighted by Gasteiger charge is 2.54. The maximum atomic E-state index is 13.1. The molecule has 0 bridgehead atoms. The number of thiazole rings is 1. The van der Waals surface area contributed by atoms with Crippen LogP contribution in [-0.2, 0) is 28.1 Å². The molecule has 1 fully saturated rings. The number of urea groups is 1. The normalized spacial score (nSPS) is 21.3. The van der Waals surface area contributed by atoms with Gasteiger partial charge in [-0.25, -0.2) is 9.78 Å². The highest BCUT2D eigenvalue weighted by Crippen LogP contribution is 2.39. The van der Waals surface area contributed by atoms with E-state index in [1.807, 2.05) is 36.6 Å². The number of imide groups is 1. The Morgan fingerprint density at radius 2 is 2.19 bits per heavy atom. The molecule has 7 nitrogen and oxygen atoms in total. The summed E-state index contributed by atoms with van der Waals surface area (Å²) in [5, 5.41) is 8.27. The molecular weight excluding hydrogens is 364 g/mol. The lowest BCUT2D eigenvalue weighted by molar-refractivity contribution is -0.135. The molecule has 1 atom stereocenters. The van der Waals surface area contributed by atoms with Gasteiger partial charge in [0.15, 0.2) is 0 Å². The lowest BCUT2D eigenvalue weighted by atomic mass is 9.76. The zero-order valence-corrected chi connectivity index (χ0v) is 15.8. The Morgan fingerprint density at radius 3 is 2.96 bits per heavy atom. The summed E-state index contributed by atoms with van der Waals surface area (Å²) >= 11 is 1.46. The van der Waals surface area contributed by atoms with Crippen molar-refractivity contribution in [3.05, 3.63) is 51.5 Å². The number of carbonyl (C=O) groups excluding carboxylic acids is 3. The Morgan fingerprint density at radius 1 is 1.37 bits per heavy atom. The number of amides is 4. The quantitative estimate of drug-likeness (QED) is 0.787. The number of carbonyl (C=O) groups is 3. The van der Waals surface area contributed by atoms with Crippen LogP contribution < -0.4 is 10.6 Å². The van der Waals surface area contributed by atoms with Crippen molar-refractivity contribution in [1.29, 1.82) is 0 Å². The van der Waals surface area contributed by atoms with Gasteiger partial charge in [0.2, 0.25) is 5.91 Å². The Labute approximate surface area is 160 Å². The summed E-state index contributed by atoms with van der Waals surface area (Å²) in [6.07, 6.45) is 2.24. The number of fused-ring (bicyclic) bond motifs is 2. The van der Waals surface area contributed by atoms with Gasteiger partial charge in [-0.3, -0.25) is 14.5 Å². The first-order valence-electron chi connectivity index (χ1n) is 8.90. The molecule has 2 heterocycles. The van der Waals surface area contributed by atoms with E-state index in [2.05, 4.69) is 15.6 Å². The predicted molar refractivity (Wildman–Crippen MR) is 100 cm³/mol. The van der Waals surface area contributed by atoms with Crippen LogP contribution >= 0.6 is 11.3 Å². The summed E-state index contributed by atoms with van der Waals surface area (Å²) in [6.45, 7) is 1.88. The summed E-state index contributed by atoms with van der Waals surface area (Å²) in [7, 11) is 0. The first kappa shape index (κ1) is 17.7. The van der Waals surface area contributed by atoms with Gasteiger partial charge in [0.1, 0.15) is 17.1 Å². The first-order valence-corrected chi connectivity index (χ1v) is 9.78. The maximum absolute atomic E-state index is 13.1. The molecule has 1 aromatic heterocycles. The van der Waals surface area contributed by atoms with Crippen molar-refractivity contribution < 1.29 is 14.4 Å². The van der Waals surface area contributed by atoms with Gasteiger partial charge in [-0.15, -0.1) is 11.3 Å². The molecule has 2 aromatic rings.